The second-order valence-corrected chi connectivity index (χ2v) is 10.2. The highest BCUT2D eigenvalue weighted by molar-refractivity contribution is 6.30. The van der Waals surface area contributed by atoms with Gasteiger partial charge in [-0.3, -0.25) is 4.79 Å². The van der Waals surface area contributed by atoms with Gasteiger partial charge in [0.15, 0.2) is 5.78 Å². The topological polar surface area (TPSA) is 91.3 Å². The summed E-state index contributed by atoms with van der Waals surface area (Å²) < 4.78 is 22.4. The monoisotopic (exact) mass is 582 g/mol. The van der Waals surface area contributed by atoms with Gasteiger partial charge in [-0.05, 0) is 80.1 Å². The molecule has 1 unspecified atom stereocenters. The van der Waals surface area contributed by atoms with Crippen LogP contribution in [0.15, 0.2) is 60.7 Å². The molecule has 0 saturated heterocycles. The Labute approximate surface area is 247 Å². The zero-order chi connectivity index (χ0) is 29.6. The molecule has 3 aromatic carbocycles. The first-order valence-electron chi connectivity index (χ1n) is 14.0. The standard InChI is InChI=1S/C33H39ClO7/c1-4-7-29-31(19-18-28(23(2)35)33(29)37)40-21-6-20-39-27-16-12-25(13-17-27)30(41-22-32(36)38-3)9-5-8-24-10-14-26(34)15-11-24/h10-19,30,37H,4-9,20-22H2,1-3H3. The van der Waals surface area contributed by atoms with Gasteiger partial charge in [-0.2, -0.15) is 0 Å². The first-order valence-corrected chi connectivity index (χ1v) is 14.3. The predicted octanol–water partition coefficient (Wildman–Crippen LogP) is 7.30. The van der Waals surface area contributed by atoms with Crippen LogP contribution in [0.3, 0.4) is 0 Å². The second-order valence-electron chi connectivity index (χ2n) is 9.76. The Morgan fingerprint density at radius 2 is 1.61 bits per heavy atom. The second kappa shape index (κ2) is 16.7. The third-order valence-corrected chi connectivity index (χ3v) is 6.91. The Balaban J connectivity index is 1.51. The van der Waals surface area contributed by atoms with Gasteiger partial charge < -0.3 is 24.1 Å². The fourth-order valence-corrected chi connectivity index (χ4v) is 4.58. The van der Waals surface area contributed by atoms with Crippen LogP contribution >= 0.6 is 11.6 Å². The summed E-state index contributed by atoms with van der Waals surface area (Å²) in [6.45, 7) is 4.19. The molecule has 0 radical (unpaired) electrons. The van der Waals surface area contributed by atoms with E-state index >= 15 is 0 Å². The number of hydrogen-bond donors (Lipinski definition) is 1. The smallest absolute Gasteiger partial charge is 0.331 e. The van der Waals surface area contributed by atoms with Crippen molar-refractivity contribution < 1.29 is 33.6 Å². The Bertz CT molecular complexity index is 1260. The summed E-state index contributed by atoms with van der Waals surface area (Å²) in [6, 6.07) is 18.8. The van der Waals surface area contributed by atoms with Crippen LogP contribution < -0.4 is 9.47 Å². The Hall–Kier alpha value is -3.55. The van der Waals surface area contributed by atoms with Crippen LogP contribution in [-0.4, -0.2) is 43.8 Å². The Kier molecular flexibility index (Phi) is 13.0. The van der Waals surface area contributed by atoms with Crippen LogP contribution in [0.1, 0.15) is 72.7 Å². The zero-order valence-electron chi connectivity index (χ0n) is 24.0. The zero-order valence-corrected chi connectivity index (χ0v) is 24.7. The minimum Gasteiger partial charge on any atom is -0.507 e. The number of aromatic hydroxyl groups is 1. The van der Waals surface area contributed by atoms with Crippen molar-refractivity contribution in [2.75, 3.05) is 26.9 Å². The highest BCUT2D eigenvalue weighted by Crippen LogP contribution is 2.33. The molecule has 0 amide bonds. The average Bonchev–Trinajstić information content (AvgIpc) is 2.97. The summed E-state index contributed by atoms with van der Waals surface area (Å²) in [5.41, 5.74) is 3.12. The van der Waals surface area contributed by atoms with E-state index in [1.54, 1.807) is 12.1 Å². The number of carbonyl (C=O) groups is 2. The number of rotatable bonds is 17. The Morgan fingerprint density at radius 1 is 0.902 bits per heavy atom. The fourth-order valence-electron chi connectivity index (χ4n) is 4.45. The molecule has 0 saturated carbocycles. The maximum absolute atomic E-state index is 11.8. The van der Waals surface area contributed by atoms with Crippen molar-refractivity contribution in [2.24, 2.45) is 0 Å². The molecule has 8 heteroatoms. The molecule has 0 fully saturated rings. The quantitative estimate of drug-likeness (QED) is 0.101. The molecular formula is C33H39ClO7. The number of methoxy groups -OCH3 is 1. The van der Waals surface area contributed by atoms with Gasteiger partial charge in [0.2, 0.25) is 0 Å². The lowest BCUT2D eigenvalue weighted by atomic mass is 10.0. The van der Waals surface area contributed by atoms with Crippen LogP contribution in [0, 0.1) is 0 Å². The maximum atomic E-state index is 11.8. The van der Waals surface area contributed by atoms with Gasteiger partial charge >= 0.3 is 5.97 Å². The number of ketones is 1. The molecule has 0 aliphatic heterocycles. The average molecular weight is 583 g/mol. The van der Waals surface area contributed by atoms with Crippen molar-refractivity contribution in [3.05, 3.63) is 87.9 Å². The number of hydrogen-bond acceptors (Lipinski definition) is 7. The molecule has 0 aliphatic carbocycles. The number of phenolic OH excluding ortho intramolecular Hbond substituents is 1. The summed E-state index contributed by atoms with van der Waals surface area (Å²) in [5.74, 6) is 0.725. The highest BCUT2D eigenvalue weighted by Gasteiger charge is 2.17. The van der Waals surface area contributed by atoms with Gasteiger partial charge in [-0.25, -0.2) is 4.79 Å². The van der Waals surface area contributed by atoms with Crippen molar-refractivity contribution >= 4 is 23.4 Å². The van der Waals surface area contributed by atoms with Crippen molar-refractivity contribution in [3.8, 4) is 17.2 Å². The van der Waals surface area contributed by atoms with Crippen molar-refractivity contribution in [1.82, 2.24) is 0 Å². The van der Waals surface area contributed by atoms with Crippen LogP contribution in [0.2, 0.25) is 5.02 Å². The molecule has 0 aromatic heterocycles. The van der Waals surface area contributed by atoms with Crippen LogP contribution in [-0.2, 0) is 27.1 Å². The lowest BCUT2D eigenvalue weighted by Gasteiger charge is -2.18. The number of aryl methyl sites for hydroxylation is 1. The van der Waals surface area contributed by atoms with E-state index in [0.717, 1.165) is 37.0 Å². The van der Waals surface area contributed by atoms with Gasteiger partial charge in [-0.1, -0.05) is 49.2 Å². The molecule has 1 atom stereocenters. The molecule has 0 aliphatic rings. The molecule has 3 rings (SSSR count). The van der Waals surface area contributed by atoms with Gasteiger partial charge in [0.05, 0.1) is 32.0 Å². The molecule has 0 spiro atoms. The third kappa shape index (κ3) is 10.1. The van der Waals surface area contributed by atoms with Crippen LogP contribution in [0.4, 0.5) is 0 Å². The summed E-state index contributed by atoms with van der Waals surface area (Å²) >= 11 is 5.98. The van der Waals surface area contributed by atoms with Gasteiger partial charge in [-0.15, -0.1) is 0 Å². The van der Waals surface area contributed by atoms with E-state index in [9.17, 15) is 14.7 Å². The number of carbonyl (C=O) groups excluding carboxylic acids is 2. The molecule has 7 nitrogen and oxygen atoms in total. The largest absolute Gasteiger partial charge is 0.507 e. The first kappa shape index (κ1) is 32.0. The van der Waals surface area contributed by atoms with Crippen molar-refractivity contribution in [2.45, 2.75) is 58.5 Å². The third-order valence-electron chi connectivity index (χ3n) is 6.66. The molecule has 3 aromatic rings. The number of ether oxygens (including phenoxy) is 4. The molecule has 220 valence electrons. The van der Waals surface area contributed by atoms with E-state index in [0.29, 0.717) is 48.0 Å². The number of Topliss-reactive ketones (excluding diaryl/α,β-unsaturated/α-hetero) is 1. The van der Waals surface area contributed by atoms with E-state index in [2.05, 4.69) is 0 Å². The Morgan fingerprint density at radius 3 is 2.27 bits per heavy atom. The van der Waals surface area contributed by atoms with Gasteiger partial charge in [0.25, 0.3) is 0 Å². The fraction of sp³-hybridized carbons (Fsp3) is 0.394. The minimum atomic E-state index is -0.415. The van der Waals surface area contributed by atoms with Crippen molar-refractivity contribution in [1.29, 1.82) is 0 Å². The highest BCUT2D eigenvalue weighted by atomic mass is 35.5. The number of phenols is 1. The summed E-state index contributed by atoms with van der Waals surface area (Å²) in [4.78, 5) is 23.4. The molecule has 41 heavy (non-hydrogen) atoms. The first-order chi connectivity index (χ1) is 19.8. The van der Waals surface area contributed by atoms with Gasteiger partial charge in [0.1, 0.15) is 23.9 Å². The van der Waals surface area contributed by atoms with Crippen molar-refractivity contribution in [3.63, 3.8) is 0 Å². The lowest BCUT2D eigenvalue weighted by molar-refractivity contribution is -0.148. The van der Waals surface area contributed by atoms with E-state index in [1.165, 1.54) is 19.6 Å². The summed E-state index contributed by atoms with van der Waals surface area (Å²) in [6.07, 6.45) is 4.31. The molecule has 1 N–H and O–H groups in total. The van der Waals surface area contributed by atoms with Gasteiger partial charge in [0, 0.05) is 17.0 Å². The lowest BCUT2D eigenvalue weighted by Crippen LogP contribution is -2.14. The minimum absolute atomic E-state index is 0.00652. The predicted molar refractivity (Wildman–Crippen MR) is 159 cm³/mol. The van der Waals surface area contributed by atoms with E-state index in [-0.39, 0.29) is 24.2 Å². The van der Waals surface area contributed by atoms with E-state index < -0.39 is 5.97 Å². The number of halogens is 1. The van der Waals surface area contributed by atoms with Crippen LogP contribution in [0.25, 0.3) is 0 Å². The number of esters is 1. The number of benzene rings is 3. The molecule has 0 bridgehead atoms. The summed E-state index contributed by atoms with van der Waals surface area (Å²) in [7, 11) is 1.34. The SMILES string of the molecule is CCCc1c(OCCCOc2ccc(C(CCCc3ccc(Cl)cc3)OCC(=O)OC)cc2)ccc(C(C)=O)c1O. The molecule has 0 heterocycles. The van der Waals surface area contributed by atoms with E-state index in [4.69, 9.17) is 30.5 Å². The molecular weight excluding hydrogens is 544 g/mol. The van der Waals surface area contributed by atoms with E-state index in [1.807, 2.05) is 55.5 Å². The normalized spacial score (nSPS) is 11.6. The van der Waals surface area contributed by atoms with Crippen LogP contribution in [0.5, 0.6) is 17.2 Å². The maximum Gasteiger partial charge on any atom is 0.331 e. The summed E-state index contributed by atoms with van der Waals surface area (Å²) in [5, 5.41) is 11.2.